The molecule has 76 valence electrons. The minimum Gasteiger partial charge on any atom is -0.258 e. The number of halogens is 2. The first-order chi connectivity index (χ1) is 6.56. The fraction of sp³-hybridized carbons (Fsp3) is 0.333. The SMILES string of the molecule is CC(CBr)c1ccc([N+](=O)[O-])c(Cl)c1. The molecule has 0 saturated carbocycles. The van der Waals surface area contributed by atoms with Crippen molar-refractivity contribution in [3.8, 4) is 0 Å². The molecule has 0 radical (unpaired) electrons. The van der Waals surface area contributed by atoms with E-state index in [1.54, 1.807) is 12.1 Å². The van der Waals surface area contributed by atoms with Crippen LogP contribution in [0.2, 0.25) is 5.02 Å². The number of benzene rings is 1. The normalized spacial score (nSPS) is 12.5. The number of rotatable bonds is 3. The molecule has 0 amide bonds. The predicted molar refractivity (Wildman–Crippen MR) is 60.3 cm³/mol. The zero-order chi connectivity index (χ0) is 10.7. The number of hydrogen-bond donors (Lipinski definition) is 0. The van der Waals surface area contributed by atoms with Crippen LogP contribution in [-0.4, -0.2) is 10.3 Å². The van der Waals surface area contributed by atoms with Crippen LogP contribution in [0.15, 0.2) is 18.2 Å². The average molecular weight is 279 g/mol. The summed E-state index contributed by atoms with van der Waals surface area (Å²) < 4.78 is 0. The Morgan fingerprint density at radius 3 is 2.71 bits per heavy atom. The molecule has 1 aromatic carbocycles. The van der Waals surface area contributed by atoms with Gasteiger partial charge in [-0.05, 0) is 17.5 Å². The Balaban J connectivity index is 3.06. The van der Waals surface area contributed by atoms with Gasteiger partial charge in [-0.3, -0.25) is 10.1 Å². The molecular weight excluding hydrogens is 269 g/mol. The van der Waals surface area contributed by atoms with E-state index in [-0.39, 0.29) is 10.7 Å². The van der Waals surface area contributed by atoms with E-state index < -0.39 is 4.92 Å². The van der Waals surface area contributed by atoms with Crippen molar-refractivity contribution < 1.29 is 4.92 Å². The van der Waals surface area contributed by atoms with E-state index in [9.17, 15) is 10.1 Å². The molecule has 0 aliphatic carbocycles. The van der Waals surface area contributed by atoms with Crippen LogP contribution in [0.5, 0.6) is 0 Å². The molecule has 0 spiro atoms. The van der Waals surface area contributed by atoms with E-state index in [0.717, 1.165) is 10.9 Å². The van der Waals surface area contributed by atoms with Crippen LogP contribution in [0.25, 0.3) is 0 Å². The first-order valence-electron chi connectivity index (χ1n) is 4.06. The number of nitro benzene ring substituents is 1. The molecule has 14 heavy (non-hydrogen) atoms. The molecule has 0 bridgehead atoms. The number of hydrogen-bond acceptors (Lipinski definition) is 2. The molecule has 1 atom stereocenters. The van der Waals surface area contributed by atoms with Gasteiger partial charge in [0.05, 0.1) is 4.92 Å². The summed E-state index contributed by atoms with van der Waals surface area (Å²) >= 11 is 9.11. The monoisotopic (exact) mass is 277 g/mol. The molecule has 0 aromatic heterocycles. The summed E-state index contributed by atoms with van der Waals surface area (Å²) in [5.74, 6) is 0.299. The quantitative estimate of drug-likeness (QED) is 0.480. The van der Waals surface area contributed by atoms with Crippen LogP contribution in [-0.2, 0) is 0 Å². The number of nitrogens with zero attached hydrogens (tertiary/aromatic N) is 1. The summed E-state index contributed by atoms with van der Waals surface area (Å²) in [7, 11) is 0. The van der Waals surface area contributed by atoms with Gasteiger partial charge in [0.15, 0.2) is 0 Å². The van der Waals surface area contributed by atoms with Crippen LogP contribution in [0.3, 0.4) is 0 Å². The van der Waals surface area contributed by atoms with Gasteiger partial charge in [-0.25, -0.2) is 0 Å². The summed E-state index contributed by atoms with van der Waals surface area (Å²) in [5, 5.41) is 11.5. The maximum absolute atomic E-state index is 10.5. The van der Waals surface area contributed by atoms with Crippen molar-refractivity contribution in [1.29, 1.82) is 0 Å². The van der Waals surface area contributed by atoms with Crippen molar-refractivity contribution >= 4 is 33.2 Å². The Hall–Kier alpha value is -0.610. The van der Waals surface area contributed by atoms with E-state index in [0.29, 0.717) is 5.92 Å². The molecule has 1 aromatic rings. The minimum absolute atomic E-state index is 0.0443. The lowest BCUT2D eigenvalue weighted by Gasteiger charge is -2.07. The average Bonchev–Trinajstić information content (AvgIpc) is 2.15. The van der Waals surface area contributed by atoms with E-state index in [4.69, 9.17) is 11.6 Å². The highest BCUT2D eigenvalue weighted by atomic mass is 79.9. The van der Waals surface area contributed by atoms with Crippen molar-refractivity contribution in [2.45, 2.75) is 12.8 Å². The van der Waals surface area contributed by atoms with Gasteiger partial charge >= 0.3 is 0 Å². The molecule has 1 unspecified atom stereocenters. The maximum Gasteiger partial charge on any atom is 0.287 e. The third kappa shape index (κ3) is 2.45. The second kappa shape index (κ2) is 4.75. The molecule has 0 saturated heterocycles. The van der Waals surface area contributed by atoms with Gasteiger partial charge in [-0.1, -0.05) is 40.5 Å². The maximum atomic E-state index is 10.5. The number of nitro groups is 1. The topological polar surface area (TPSA) is 43.1 Å². The highest BCUT2D eigenvalue weighted by molar-refractivity contribution is 9.09. The summed E-state index contributed by atoms with van der Waals surface area (Å²) in [5.41, 5.74) is 0.953. The van der Waals surface area contributed by atoms with Crippen molar-refractivity contribution in [3.63, 3.8) is 0 Å². The highest BCUT2D eigenvalue weighted by Crippen LogP contribution is 2.28. The van der Waals surface area contributed by atoms with Gasteiger partial charge < -0.3 is 0 Å². The largest absolute Gasteiger partial charge is 0.287 e. The Kier molecular flexibility index (Phi) is 3.89. The molecule has 0 N–H and O–H groups in total. The third-order valence-corrected chi connectivity index (χ3v) is 3.24. The van der Waals surface area contributed by atoms with E-state index in [1.165, 1.54) is 6.07 Å². The van der Waals surface area contributed by atoms with Crippen LogP contribution >= 0.6 is 27.5 Å². The molecule has 0 aliphatic rings. The smallest absolute Gasteiger partial charge is 0.258 e. The fourth-order valence-electron chi connectivity index (χ4n) is 1.07. The number of alkyl halides is 1. The lowest BCUT2D eigenvalue weighted by atomic mass is 10.0. The summed E-state index contributed by atoms with van der Waals surface area (Å²) in [6, 6.07) is 4.82. The summed E-state index contributed by atoms with van der Waals surface area (Å²) in [4.78, 5) is 10.0. The van der Waals surface area contributed by atoms with Gasteiger partial charge in [0.1, 0.15) is 5.02 Å². The zero-order valence-electron chi connectivity index (χ0n) is 7.54. The Labute approximate surface area is 95.4 Å². The van der Waals surface area contributed by atoms with Gasteiger partial charge in [0.2, 0.25) is 0 Å². The van der Waals surface area contributed by atoms with Gasteiger partial charge in [0, 0.05) is 11.4 Å². The Morgan fingerprint density at radius 1 is 1.64 bits per heavy atom. The van der Waals surface area contributed by atoms with Gasteiger partial charge in [-0.15, -0.1) is 0 Å². The Bertz CT molecular complexity index is 357. The Morgan fingerprint density at radius 2 is 2.29 bits per heavy atom. The van der Waals surface area contributed by atoms with Crippen LogP contribution in [0.4, 0.5) is 5.69 Å². The lowest BCUT2D eigenvalue weighted by molar-refractivity contribution is -0.384. The third-order valence-electron chi connectivity index (χ3n) is 1.97. The van der Waals surface area contributed by atoms with E-state index in [1.807, 2.05) is 6.92 Å². The molecule has 1 rings (SSSR count). The van der Waals surface area contributed by atoms with Crippen molar-refractivity contribution in [2.24, 2.45) is 0 Å². The van der Waals surface area contributed by atoms with Gasteiger partial charge in [0.25, 0.3) is 5.69 Å². The second-order valence-electron chi connectivity index (χ2n) is 3.02. The van der Waals surface area contributed by atoms with Crippen molar-refractivity contribution in [3.05, 3.63) is 38.9 Å². The predicted octanol–water partition coefficient (Wildman–Crippen LogP) is 3.75. The molecule has 0 aliphatic heterocycles. The van der Waals surface area contributed by atoms with Crippen LogP contribution in [0, 0.1) is 10.1 Å². The standard InChI is InChI=1S/C9H9BrClNO2/c1-6(5-10)7-2-3-9(12(13)14)8(11)4-7/h2-4,6H,5H2,1H3. The molecular formula is C9H9BrClNO2. The summed E-state index contributed by atoms with van der Waals surface area (Å²) in [6.45, 7) is 2.02. The second-order valence-corrected chi connectivity index (χ2v) is 4.08. The first-order valence-corrected chi connectivity index (χ1v) is 5.56. The highest BCUT2D eigenvalue weighted by Gasteiger charge is 2.13. The van der Waals surface area contributed by atoms with Crippen LogP contribution in [0.1, 0.15) is 18.4 Å². The van der Waals surface area contributed by atoms with E-state index in [2.05, 4.69) is 15.9 Å². The molecule has 0 heterocycles. The summed E-state index contributed by atoms with van der Waals surface area (Å²) in [6.07, 6.45) is 0. The van der Waals surface area contributed by atoms with Crippen molar-refractivity contribution in [1.82, 2.24) is 0 Å². The fourth-order valence-corrected chi connectivity index (χ4v) is 1.70. The van der Waals surface area contributed by atoms with Gasteiger partial charge in [-0.2, -0.15) is 0 Å². The minimum atomic E-state index is -0.481. The lowest BCUT2D eigenvalue weighted by Crippen LogP contribution is -1.96. The first kappa shape index (κ1) is 11.5. The molecule has 0 fully saturated rings. The molecule has 3 nitrogen and oxygen atoms in total. The molecule has 5 heteroatoms. The van der Waals surface area contributed by atoms with Crippen molar-refractivity contribution in [2.75, 3.05) is 5.33 Å². The van der Waals surface area contributed by atoms with Crippen LogP contribution < -0.4 is 0 Å². The van der Waals surface area contributed by atoms with E-state index >= 15 is 0 Å². The zero-order valence-corrected chi connectivity index (χ0v) is 9.88.